The molecule has 7 nitrogen and oxygen atoms in total. The number of ketones is 1. The van der Waals surface area contributed by atoms with Gasteiger partial charge in [-0.15, -0.1) is 0 Å². The highest BCUT2D eigenvalue weighted by atomic mass is 17.1. The summed E-state index contributed by atoms with van der Waals surface area (Å²) in [6.07, 6.45) is 7.01. The molecule has 0 bridgehead atoms. The molecule has 0 aromatic heterocycles. The van der Waals surface area contributed by atoms with Crippen molar-refractivity contribution in [3.63, 3.8) is 0 Å². The van der Waals surface area contributed by atoms with E-state index in [2.05, 4.69) is 18.7 Å². The smallest absolute Gasteiger partial charge is 0.349 e. The van der Waals surface area contributed by atoms with Gasteiger partial charge in [0.1, 0.15) is 17.0 Å². The second kappa shape index (κ2) is 5.54. The van der Waals surface area contributed by atoms with Crippen LogP contribution in [0.2, 0.25) is 0 Å². The van der Waals surface area contributed by atoms with Gasteiger partial charge in [0.2, 0.25) is 0 Å². The molecule has 8 atom stereocenters. The van der Waals surface area contributed by atoms with Gasteiger partial charge in [0, 0.05) is 36.0 Å². The molecule has 0 aromatic rings. The molecule has 6 aliphatic rings. The Labute approximate surface area is 175 Å². The van der Waals surface area contributed by atoms with Gasteiger partial charge in [-0.05, 0) is 38.0 Å². The summed E-state index contributed by atoms with van der Waals surface area (Å²) in [6, 6.07) is 0. The molecule has 0 radical (unpaired) electrons. The lowest BCUT2D eigenvalue weighted by Gasteiger charge is -2.57. The molecular formula is C23H28O7. The summed E-state index contributed by atoms with van der Waals surface area (Å²) < 4.78 is 12.5. The number of rotatable bonds is 1. The largest absolute Gasteiger partial charge is 0.458 e. The summed E-state index contributed by atoms with van der Waals surface area (Å²) in [7, 11) is 0. The maximum absolute atomic E-state index is 12.8. The first kappa shape index (κ1) is 19.0. The molecule has 0 amide bonds. The molecule has 162 valence electrons. The fraction of sp³-hybridized carbons (Fsp3) is 0.783. The topological polar surface area (TPSA) is 102 Å². The van der Waals surface area contributed by atoms with Gasteiger partial charge in [0.25, 0.3) is 0 Å². The van der Waals surface area contributed by atoms with Crippen molar-refractivity contribution in [1.82, 2.24) is 0 Å². The third-order valence-electron chi connectivity index (χ3n) is 10.0. The number of fused-ring (bicyclic) bond motifs is 4. The van der Waals surface area contributed by atoms with Gasteiger partial charge in [0.05, 0.1) is 12.0 Å². The molecule has 2 saturated heterocycles. The van der Waals surface area contributed by atoms with Crippen molar-refractivity contribution in [3.8, 4) is 0 Å². The van der Waals surface area contributed by atoms with E-state index in [1.807, 2.05) is 6.08 Å². The van der Waals surface area contributed by atoms with Crippen LogP contribution in [-0.4, -0.2) is 40.3 Å². The molecule has 4 unspecified atom stereocenters. The lowest BCUT2D eigenvalue weighted by molar-refractivity contribution is -0.242. The van der Waals surface area contributed by atoms with Crippen molar-refractivity contribution in [3.05, 3.63) is 11.6 Å². The summed E-state index contributed by atoms with van der Waals surface area (Å²) in [5.41, 5.74) is -0.639. The van der Waals surface area contributed by atoms with E-state index < -0.39 is 23.1 Å². The fourth-order valence-corrected chi connectivity index (χ4v) is 8.52. The number of carbonyl (C=O) groups excluding carboxylic acids is 3. The molecule has 2 aliphatic heterocycles. The van der Waals surface area contributed by atoms with Gasteiger partial charge >= 0.3 is 11.9 Å². The van der Waals surface area contributed by atoms with Crippen LogP contribution in [0, 0.1) is 28.6 Å². The zero-order valence-corrected chi connectivity index (χ0v) is 17.4. The minimum atomic E-state index is -0.685. The molecule has 1 N–H and O–H groups in total. The van der Waals surface area contributed by atoms with Crippen molar-refractivity contribution in [1.29, 1.82) is 0 Å². The Balaban J connectivity index is 1.50. The predicted octanol–water partition coefficient (Wildman–Crippen LogP) is 2.97. The highest BCUT2D eigenvalue weighted by Crippen LogP contribution is 2.77. The van der Waals surface area contributed by atoms with Gasteiger partial charge in [-0.25, -0.2) is 4.79 Å². The Morgan fingerprint density at radius 2 is 2.00 bits per heavy atom. The van der Waals surface area contributed by atoms with Crippen LogP contribution < -0.4 is 0 Å². The Kier molecular flexibility index (Phi) is 3.51. The zero-order valence-electron chi connectivity index (χ0n) is 17.4. The molecule has 4 aliphatic carbocycles. The van der Waals surface area contributed by atoms with E-state index >= 15 is 0 Å². The highest BCUT2D eigenvalue weighted by molar-refractivity contribution is 5.84. The Hall–Kier alpha value is -1.73. The second-order valence-electron chi connectivity index (χ2n) is 10.8. The lowest BCUT2D eigenvalue weighted by Crippen LogP contribution is -2.62. The average molecular weight is 416 g/mol. The summed E-state index contributed by atoms with van der Waals surface area (Å²) in [5, 5.41) is 9.28. The lowest BCUT2D eigenvalue weighted by atomic mass is 9.44. The molecular weight excluding hydrogens is 388 g/mol. The average Bonchev–Trinajstić information content (AvgIpc) is 3.20. The summed E-state index contributed by atoms with van der Waals surface area (Å²) in [5.74, 6) is -1.36. The summed E-state index contributed by atoms with van der Waals surface area (Å²) in [4.78, 5) is 41.3. The van der Waals surface area contributed by atoms with Gasteiger partial charge in [-0.1, -0.05) is 25.5 Å². The maximum Gasteiger partial charge on any atom is 0.349 e. The number of ether oxygens (including phenoxy) is 2. The Morgan fingerprint density at radius 1 is 1.20 bits per heavy atom. The summed E-state index contributed by atoms with van der Waals surface area (Å²) >= 11 is 0. The number of carbonyl (C=O) groups is 3. The van der Waals surface area contributed by atoms with E-state index in [9.17, 15) is 19.6 Å². The van der Waals surface area contributed by atoms with Crippen molar-refractivity contribution in [2.45, 2.75) is 82.5 Å². The Bertz CT molecular complexity index is 909. The standard InChI is InChI=1S/C23H28O7/c1-20-6-3-13(24)9-12(20)10-14(19(26)30-27)18-15-4-7-22(8-5-17(25)29-22)21(15,2)11-16-23(18,20)28-16/h10,14-16,18,27H,3-9,11H2,1-2H3/t14-,15?,16-,18?,20?,21?,22-,23-/m1/s1. The van der Waals surface area contributed by atoms with Crippen molar-refractivity contribution in [2.24, 2.45) is 28.6 Å². The molecule has 7 heteroatoms. The molecule has 0 aromatic carbocycles. The minimum Gasteiger partial charge on any atom is -0.458 e. The highest BCUT2D eigenvalue weighted by Gasteiger charge is 2.83. The van der Waals surface area contributed by atoms with Crippen LogP contribution in [-0.2, 0) is 28.7 Å². The first-order chi connectivity index (χ1) is 14.2. The van der Waals surface area contributed by atoms with E-state index in [1.54, 1.807) is 0 Å². The van der Waals surface area contributed by atoms with Crippen molar-refractivity contribution >= 4 is 17.7 Å². The minimum absolute atomic E-state index is 0.0473. The van der Waals surface area contributed by atoms with Gasteiger partial charge in [0.15, 0.2) is 0 Å². The van der Waals surface area contributed by atoms with Gasteiger partial charge in [-0.2, -0.15) is 5.26 Å². The number of esters is 1. The normalized spacial score (nSPS) is 53.2. The van der Waals surface area contributed by atoms with E-state index in [0.29, 0.717) is 25.7 Å². The van der Waals surface area contributed by atoms with Crippen LogP contribution in [0.3, 0.4) is 0 Å². The molecule has 2 spiro atoms. The van der Waals surface area contributed by atoms with E-state index in [1.165, 1.54) is 0 Å². The molecule has 3 saturated carbocycles. The first-order valence-corrected chi connectivity index (χ1v) is 11.2. The van der Waals surface area contributed by atoms with E-state index in [4.69, 9.17) is 9.47 Å². The van der Waals surface area contributed by atoms with Crippen molar-refractivity contribution < 1.29 is 34.0 Å². The maximum atomic E-state index is 12.8. The number of epoxide rings is 1. The zero-order chi connectivity index (χ0) is 21.1. The quantitative estimate of drug-likeness (QED) is 0.230. The number of Topliss-reactive ketones (excluding diaryl/α,β-unsaturated/α-hetero) is 1. The van der Waals surface area contributed by atoms with Gasteiger partial charge in [-0.3, -0.25) is 9.59 Å². The van der Waals surface area contributed by atoms with Crippen molar-refractivity contribution in [2.75, 3.05) is 0 Å². The van der Waals surface area contributed by atoms with E-state index in [-0.39, 0.29) is 40.5 Å². The van der Waals surface area contributed by atoms with Crippen LogP contribution in [0.4, 0.5) is 0 Å². The Morgan fingerprint density at radius 3 is 2.70 bits per heavy atom. The second-order valence-corrected chi connectivity index (χ2v) is 10.8. The van der Waals surface area contributed by atoms with Crippen LogP contribution in [0.5, 0.6) is 0 Å². The van der Waals surface area contributed by atoms with Crippen LogP contribution >= 0.6 is 0 Å². The third-order valence-corrected chi connectivity index (χ3v) is 10.0. The number of hydrogen-bond donors (Lipinski definition) is 1. The van der Waals surface area contributed by atoms with Gasteiger partial charge < -0.3 is 14.4 Å². The predicted molar refractivity (Wildman–Crippen MR) is 102 cm³/mol. The molecule has 2 heterocycles. The van der Waals surface area contributed by atoms with E-state index in [0.717, 1.165) is 31.3 Å². The molecule has 6 rings (SSSR count). The summed E-state index contributed by atoms with van der Waals surface area (Å²) in [6.45, 7) is 4.38. The fourth-order valence-electron chi connectivity index (χ4n) is 8.52. The SMILES string of the molecule is CC12C[C@H]3O[C@@]34C(C1CC[C@@]21CCC(=O)O1)[C@H](C(=O)OO)C=C1CC(=O)CCC14C. The van der Waals surface area contributed by atoms with Crippen LogP contribution in [0.25, 0.3) is 0 Å². The molecule has 5 fully saturated rings. The van der Waals surface area contributed by atoms with Crippen LogP contribution in [0.1, 0.15) is 65.2 Å². The first-order valence-electron chi connectivity index (χ1n) is 11.2. The monoisotopic (exact) mass is 416 g/mol. The van der Waals surface area contributed by atoms with Crippen LogP contribution in [0.15, 0.2) is 11.6 Å². The number of hydrogen-bond acceptors (Lipinski definition) is 7. The molecule has 30 heavy (non-hydrogen) atoms. The third kappa shape index (κ3) is 1.93.